The van der Waals surface area contributed by atoms with Crippen molar-refractivity contribution in [3.8, 4) is 0 Å². The number of hydrogen-bond donors (Lipinski definition) is 1. The first-order valence-corrected chi connectivity index (χ1v) is 5.70. The Hall–Kier alpha value is -0.300. The lowest BCUT2D eigenvalue weighted by Crippen LogP contribution is -2.24. The highest BCUT2D eigenvalue weighted by molar-refractivity contribution is 5.12. The molecule has 1 N–H and O–H groups in total. The molecule has 0 radical (unpaired) electrons. The summed E-state index contributed by atoms with van der Waals surface area (Å²) in [6.07, 6.45) is 10.9. The van der Waals surface area contributed by atoms with Crippen LogP contribution in [0.3, 0.4) is 0 Å². The number of piperidine rings is 1. The van der Waals surface area contributed by atoms with Crippen molar-refractivity contribution in [3.05, 3.63) is 11.6 Å². The van der Waals surface area contributed by atoms with Crippen molar-refractivity contribution in [2.24, 2.45) is 5.41 Å². The van der Waals surface area contributed by atoms with E-state index in [1.165, 1.54) is 51.6 Å². The second kappa shape index (κ2) is 3.83. The van der Waals surface area contributed by atoms with Gasteiger partial charge >= 0.3 is 0 Å². The molecule has 2 aliphatic rings. The van der Waals surface area contributed by atoms with Gasteiger partial charge in [-0.25, -0.2) is 0 Å². The molecule has 1 aliphatic carbocycles. The lowest BCUT2D eigenvalue weighted by Gasteiger charge is -2.23. The van der Waals surface area contributed by atoms with Crippen LogP contribution >= 0.6 is 0 Å². The van der Waals surface area contributed by atoms with E-state index in [-0.39, 0.29) is 0 Å². The molecular formula is C12H21N. The van der Waals surface area contributed by atoms with E-state index in [0.29, 0.717) is 5.41 Å². The topological polar surface area (TPSA) is 12.0 Å². The second-order valence-corrected chi connectivity index (χ2v) is 4.91. The largest absolute Gasteiger partial charge is 0.316 e. The van der Waals surface area contributed by atoms with Gasteiger partial charge in [-0.15, -0.1) is 0 Å². The minimum atomic E-state index is 0.562. The van der Waals surface area contributed by atoms with Gasteiger partial charge in [-0.2, -0.15) is 0 Å². The van der Waals surface area contributed by atoms with Crippen LogP contribution in [-0.2, 0) is 0 Å². The second-order valence-electron chi connectivity index (χ2n) is 4.91. The number of allylic oxidation sites excluding steroid dienone is 1. The van der Waals surface area contributed by atoms with E-state index >= 15 is 0 Å². The molecule has 2 fully saturated rings. The van der Waals surface area contributed by atoms with E-state index in [9.17, 15) is 0 Å². The maximum Gasteiger partial charge on any atom is -0.00115 e. The molecule has 74 valence electrons. The fourth-order valence-electron chi connectivity index (χ4n) is 2.71. The van der Waals surface area contributed by atoms with Crippen molar-refractivity contribution in [2.45, 2.75) is 45.4 Å². The molecule has 0 amide bonds. The van der Waals surface area contributed by atoms with Gasteiger partial charge in [-0.05, 0) is 44.2 Å². The molecule has 0 bridgehead atoms. The summed E-state index contributed by atoms with van der Waals surface area (Å²) in [5.41, 5.74) is 2.27. The summed E-state index contributed by atoms with van der Waals surface area (Å²) in [7, 11) is 0. The third-order valence-corrected chi connectivity index (χ3v) is 3.54. The summed E-state index contributed by atoms with van der Waals surface area (Å²) in [6.45, 7) is 4.83. The van der Waals surface area contributed by atoms with Crippen LogP contribution in [0.2, 0.25) is 0 Å². The molecule has 0 aromatic carbocycles. The summed E-state index contributed by atoms with van der Waals surface area (Å²) in [4.78, 5) is 0. The zero-order valence-electron chi connectivity index (χ0n) is 8.73. The molecule has 1 aliphatic heterocycles. The normalized spacial score (nSPS) is 27.6. The summed E-state index contributed by atoms with van der Waals surface area (Å²) in [5, 5.41) is 3.41. The zero-order valence-corrected chi connectivity index (χ0v) is 8.73. The Morgan fingerprint density at radius 2 is 1.77 bits per heavy atom. The molecule has 1 saturated carbocycles. The van der Waals surface area contributed by atoms with Crippen molar-refractivity contribution in [1.29, 1.82) is 0 Å². The Labute approximate surface area is 81.6 Å². The predicted molar refractivity (Wildman–Crippen MR) is 56.8 cm³/mol. The van der Waals surface area contributed by atoms with E-state index in [2.05, 4.69) is 18.3 Å². The summed E-state index contributed by atoms with van der Waals surface area (Å²) >= 11 is 0. The van der Waals surface area contributed by atoms with Gasteiger partial charge < -0.3 is 5.32 Å². The molecule has 2 rings (SSSR count). The van der Waals surface area contributed by atoms with Crippen molar-refractivity contribution < 1.29 is 0 Å². The lowest BCUT2D eigenvalue weighted by atomic mass is 9.85. The monoisotopic (exact) mass is 179 g/mol. The van der Waals surface area contributed by atoms with Crippen molar-refractivity contribution >= 4 is 0 Å². The fraction of sp³-hybridized carbons (Fsp3) is 0.833. The van der Waals surface area contributed by atoms with Gasteiger partial charge in [0.1, 0.15) is 0 Å². The third kappa shape index (κ3) is 2.34. The van der Waals surface area contributed by atoms with Crippen LogP contribution in [0, 0.1) is 5.41 Å². The van der Waals surface area contributed by atoms with E-state index in [4.69, 9.17) is 0 Å². The maximum atomic E-state index is 3.41. The third-order valence-electron chi connectivity index (χ3n) is 3.54. The minimum Gasteiger partial charge on any atom is -0.316 e. The van der Waals surface area contributed by atoms with Gasteiger partial charge in [0.05, 0.1) is 0 Å². The van der Waals surface area contributed by atoms with Gasteiger partial charge in [0.15, 0.2) is 0 Å². The SMILES string of the molecule is CC1(C=C2CCNCC2)CCCC1. The first-order valence-electron chi connectivity index (χ1n) is 5.70. The highest BCUT2D eigenvalue weighted by Crippen LogP contribution is 2.40. The van der Waals surface area contributed by atoms with E-state index in [0.717, 1.165) is 0 Å². The highest BCUT2D eigenvalue weighted by atomic mass is 14.9. The quantitative estimate of drug-likeness (QED) is 0.610. The van der Waals surface area contributed by atoms with Gasteiger partial charge in [0.2, 0.25) is 0 Å². The molecule has 1 nitrogen and oxygen atoms in total. The first-order chi connectivity index (χ1) is 6.29. The van der Waals surface area contributed by atoms with E-state index in [1.54, 1.807) is 5.57 Å². The number of rotatable bonds is 1. The van der Waals surface area contributed by atoms with E-state index < -0.39 is 0 Å². The Balaban J connectivity index is 1.99. The standard InChI is InChI=1S/C12H21N/c1-12(6-2-3-7-12)10-11-4-8-13-9-5-11/h10,13H,2-9H2,1H3. The molecule has 1 saturated heterocycles. The first kappa shape index (κ1) is 9.26. The Morgan fingerprint density at radius 3 is 2.38 bits per heavy atom. The summed E-state index contributed by atoms with van der Waals surface area (Å²) in [5.74, 6) is 0. The lowest BCUT2D eigenvalue weighted by molar-refractivity contribution is 0.436. The average Bonchev–Trinajstić information content (AvgIpc) is 2.54. The smallest absolute Gasteiger partial charge is 0.00115 e. The van der Waals surface area contributed by atoms with Crippen molar-refractivity contribution in [3.63, 3.8) is 0 Å². The molecular weight excluding hydrogens is 158 g/mol. The molecule has 1 heterocycles. The average molecular weight is 179 g/mol. The molecule has 0 spiro atoms. The van der Waals surface area contributed by atoms with Crippen LogP contribution in [0.15, 0.2) is 11.6 Å². The molecule has 0 atom stereocenters. The Morgan fingerprint density at radius 1 is 1.15 bits per heavy atom. The molecule has 13 heavy (non-hydrogen) atoms. The van der Waals surface area contributed by atoms with Crippen LogP contribution in [0.5, 0.6) is 0 Å². The van der Waals surface area contributed by atoms with Crippen molar-refractivity contribution in [2.75, 3.05) is 13.1 Å². The zero-order chi connectivity index (χ0) is 9.15. The molecule has 0 aromatic rings. The molecule has 0 aromatic heterocycles. The number of nitrogens with one attached hydrogen (secondary N) is 1. The highest BCUT2D eigenvalue weighted by Gasteiger charge is 2.26. The van der Waals surface area contributed by atoms with Gasteiger partial charge in [0, 0.05) is 0 Å². The fourth-order valence-corrected chi connectivity index (χ4v) is 2.71. The van der Waals surface area contributed by atoms with Crippen LogP contribution < -0.4 is 5.32 Å². The summed E-state index contributed by atoms with van der Waals surface area (Å²) < 4.78 is 0. The Kier molecular flexibility index (Phi) is 2.73. The maximum absolute atomic E-state index is 3.41. The predicted octanol–water partition coefficient (Wildman–Crippen LogP) is 2.88. The molecule has 0 unspecified atom stereocenters. The number of hydrogen-bond acceptors (Lipinski definition) is 1. The van der Waals surface area contributed by atoms with E-state index in [1.807, 2.05) is 0 Å². The van der Waals surface area contributed by atoms with Gasteiger partial charge in [-0.3, -0.25) is 0 Å². The van der Waals surface area contributed by atoms with Crippen molar-refractivity contribution in [1.82, 2.24) is 5.32 Å². The van der Waals surface area contributed by atoms with Crippen LogP contribution in [0.25, 0.3) is 0 Å². The van der Waals surface area contributed by atoms with Crippen LogP contribution in [-0.4, -0.2) is 13.1 Å². The van der Waals surface area contributed by atoms with Gasteiger partial charge in [0.25, 0.3) is 0 Å². The minimum absolute atomic E-state index is 0.562. The van der Waals surface area contributed by atoms with Gasteiger partial charge in [-0.1, -0.05) is 31.4 Å². The molecule has 1 heteroatoms. The van der Waals surface area contributed by atoms with Crippen LogP contribution in [0.1, 0.15) is 45.4 Å². The Bertz CT molecular complexity index is 191. The summed E-state index contributed by atoms with van der Waals surface area (Å²) in [6, 6.07) is 0. The van der Waals surface area contributed by atoms with Crippen LogP contribution in [0.4, 0.5) is 0 Å².